The van der Waals surface area contributed by atoms with Gasteiger partial charge in [0.1, 0.15) is 6.54 Å². The fourth-order valence-corrected chi connectivity index (χ4v) is 2.20. The van der Waals surface area contributed by atoms with Crippen LogP contribution in [0.3, 0.4) is 0 Å². The first-order valence-corrected chi connectivity index (χ1v) is 5.40. The second-order valence-corrected chi connectivity index (χ2v) is 4.48. The van der Waals surface area contributed by atoms with Gasteiger partial charge < -0.3 is 5.73 Å². The number of nitrogens with zero attached hydrogens (tertiary/aromatic N) is 2. The number of rotatable bonds is 3. The van der Waals surface area contributed by atoms with Gasteiger partial charge in [0.15, 0.2) is 0 Å². The molecule has 1 heterocycles. The van der Waals surface area contributed by atoms with Crippen LogP contribution in [0.1, 0.15) is 30.1 Å². The molecule has 0 spiro atoms. The topological polar surface area (TPSA) is 60.9 Å². The van der Waals surface area contributed by atoms with E-state index in [1.807, 2.05) is 6.92 Å². The highest BCUT2D eigenvalue weighted by Crippen LogP contribution is 2.44. The predicted octanol–water partition coefficient (Wildman–Crippen LogP) is 1.32. The molecule has 4 nitrogen and oxygen atoms in total. The van der Waals surface area contributed by atoms with Crippen LogP contribution in [0.5, 0.6) is 0 Å². The number of halogens is 1. The molecule has 1 aromatic heterocycles. The van der Waals surface area contributed by atoms with Crippen LogP contribution in [0.15, 0.2) is 4.47 Å². The van der Waals surface area contributed by atoms with Crippen LogP contribution < -0.4 is 5.73 Å². The second kappa shape index (κ2) is 3.38. The normalized spacial score (nSPS) is 15.9. The van der Waals surface area contributed by atoms with Gasteiger partial charge in [0.25, 0.3) is 0 Å². The molecule has 0 bridgehead atoms. The summed E-state index contributed by atoms with van der Waals surface area (Å²) >= 11 is 3.50. The molecule has 1 saturated carbocycles. The van der Waals surface area contributed by atoms with Gasteiger partial charge in [-0.25, -0.2) is 0 Å². The number of primary amides is 1. The summed E-state index contributed by atoms with van der Waals surface area (Å²) < 4.78 is 2.75. The molecule has 1 aliphatic rings. The molecule has 0 unspecified atom stereocenters. The minimum absolute atomic E-state index is 0.179. The van der Waals surface area contributed by atoms with Gasteiger partial charge in [0, 0.05) is 5.92 Å². The van der Waals surface area contributed by atoms with Gasteiger partial charge in [-0.2, -0.15) is 5.10 Å². The molecule has 0 radical (unpaired) electrons. The van der Waals surface area contributed by atoms with Crippen LogP contribution in [0.25, 0.3) is 0 Å². The zero-order valence-electron chi connectivity index (χ0n) is 7.96. The molecule has 5 heteroatoms. The average molecular weight is 258 g/mol. The molecule has 0 aliphatic heterocycles. The third-order valence-electron chi connectivity index (χ3n) is 2.36. The lowest BCUT2D eigenvalue weighted by Crippen LogP contribution is -2.20. The maximum absolute atomic E-state index is 10.8. The third kappa shape index (κ3) is 1.68. The first-order chi connectivity index (χ1) is 6.59. The van der Waals surface area contributed by atoms with Gasteiger partial charge in [0.05, 0.1) is 15.9 Å². The largest absolute Gasteiger partial charge is 0.368 e. The molecule has 14 heavy (non-hydrogen) atoms. The third-order valence-corrected chi connectivity index (χ3v) is 3.34. The van der Waals surface area contributed by atoms with Gasteiger partial charge in [-0.1, -0.05) is 0 Å². The van der Waals surface area contributed by atoms with E-state index in [2.05, 4.69) is 21.0 Å². The van der Waals surface area contributed by atoms with E-state index in [1.54, 1.807) is 4.68 Å². The lowest BCUT2D eigenvalue weighted by molar-refractivity contribution is -0.118. The lowest BCUT2D eigenvalue weighted by atomic mass is 10.2. The smallest absolute Gasteiger partial charge is 0.239 e. The Bertz CT molecular complexity index is 382. The summed E-state index contributed by atoms with van der Waals surface area (Å²) in [5.41, 5.74) is 7.21. The van der Waals surface area contributed by atoms with E-state index in [-0.39, 0.29) is 12.5 Å². The molecule has 76 valence electrons. The molecule has 2 rings (SSSR count). The summed E-state index contributed by atoms with van der Waals surface area (Å²) in [4.78, 5) is 10.8. The Morgan fingerprint density at radius 3 is 2.86 bits per heavy atom. The molecule has 0 saturated heterocycles. The summed E-state index contributed by atoms with van der Waals surface area (Å²) in [6, 6.07) is 0. The summed E-state index contributed by atoms with van der Waals surface area (Å²) in [6.07, 6.45) is 2.37. The van der Waals surface area contributed by atoms with Gasteiger partial charge >= 0.3 is 0 Å². The van der Waals surface area contributed by atoms with E-state index in [1.165, 1.54) is 12.8 Å². The number of carbonyl (C=O) groups excluding carboxylic acids is 1. The number of amides is 1. The van der Waals surface area contributed by atoms with Crippen molar-refractivity contribution in [3.05, 3.63) is 15.9 Å². The quantitative estimate of drug-likeness (QED) is 0.888. The van der Waals surface area contributed by atoms with Crippen molar-refractivity contribution in [2.45, 2.75) is 32.2 Å². The molecule has 1 fully saturated rings. The summed E-state index contributed by atoms with van der Waals surface area (Å²) in [5.74, 6) is 0.215. The van der Waals surface area contributed by atoms with Gasteiger partial charge in [-0.3, -0.25) is 9.48 Å². The van der Waals surface area contributed by atoms with Crippen LogP contribution in [0, 0.1) is 6.92 Å². The summed E-state index contributed by atoms with van der Waals surface area (Å²) in [7, 11) is 0. The van der Waals surface area contributed by atoms with Crippen molar-refractivity contribution in [3.8, 4) is 0 Å². The minimum Gasteiger partial charge on any atom is -0.368 e. The van der Waals surface area contributed by atoms with E-state index in [4.69, 9.17) is 5.73 Å². The second-order valence-electron chi connectivity index (χ2n) is 3.68. The van der Waals surface area contributed by atoms with Crippen LogP contribution >= 0.6 is 15.9 Å². The minimum atomic E-state index is -0.345. The number of hydrogen-bond donors (Lipinski definition) is 1. The number of nitrogens with two attached hydrogens (primary N) is 1. The first kappa shape index (κ1) is 9.71. The average Bonchev–Trinajstić information content (AvgIpc) is 2.83. The van der Waals surface area contributed by atoms with Crippen molar-refractivity contribution < 1.29 is 4.79 Å². The zero-order chi connectivity index (χ0) is 10.3. The molecule has 1 aliphatic carbocycles. The van der Waals surface area contributed by atoms with Crippen LogP contribution in [-0.4, -0.2) is 15.7 Å². The van der Waals surface area contributed by atoms with Gasteiger partial charge in [-0.15, -0.1) is 0 Å². The van der Waals surface area contributed by atoms with Crippen molar-refractivity contribution >= 4 is 21.8 Å². The first-order valence-electron chi connectivity index (χ1n) is 4.60. The maximum Gasteiger partial charge on any atom is 0.239 e. The maximum atomic E-state index is 10.8. The highest BCUT2D eigenvalue weighted by molar-refractivity contribution is 9.10. The van der Waals surface area contributed by atoms with Crippen LogP contribution in [-0.2, 0) is 11.3 Å². The van der Waals surface area contributed by atoms with E-state index in [0.29, 0.717) is 5.92 Å². The lowest BCUT2D eigenvalue weighted by Gasteiger charge is -2.03. The molecular formula is C9H12BrN3O. The molecule has 2 N–H and O–H groups in total. The fraction of sp³-hybridized carbons (Fsp3) is 0.556. The number of aromatic nitrogens is 2. The standard InChI is InChI=1S/C9H12BrN3O/c1-5-8(10)9(6-2-3-6)13(12-5)4-7(11)14/h6H,2-4H2,1H3,(H2,11,14). The Morgan fingerprint density at radius 2 is 2.36 bits per heavy atom. The fourth-order valence-electron chi connectivity index (χ4n) is 1.59. The Labute approximate surface area is 90.6 Å². The molecule has 1 aromatic rings. The summed E-state index contributed by atoms with van der Waals surface area (Å²) in [6.45, 7) is 2.10. The van der Waals surface area contributed by atoms with Crippen molar-refractivity contribution in [1.29, 1.82) is 0 Å². The van der Waals surface area contributed by atoms with Crippen molar-refractivity contribution in [1.82, 2.24) is 9.78 Å². The van der Waals surface area contributed by atoms with E-state index >= 15 is 0 Å². The Balaban J connectivity index is 2.37. The number of carbonyl (C=O) groups is 1. The Kier molecular flexibility index (Phi) is 2.34. The SMILES string of the molecule is Cc1nn(CC(N)=O)c(C2CC2)c1Br. The van der Waals surface area contributed by atoms with Crippen LogP contribution in [0.2, 0.25) is 0 Å². The highest BCUT2D eigenvalue weighted by atomic mass is 79.9. The van der Waals surface area contributed by atoms with Crippen LogP contribution in [0.4, 0.5) is 0 Å². The van der Waals surface area contributed by atoms with E-state index in [9.17, 15) is 4.79 Å². The molecule has 0 aromatic carbocycles. The number of aryl methyl sites for hydroxylation is 1. The van der Waals surface area contributed by atoms with Crippen molar-refractivity contribution in [2.24, 2.45) is 5.73 Å². The highest BCUT2D eigenvalue weighted by Gasteiger charge is 2.31. The Morgan fingerprint density at radius 1 is 1.71 bits per heavy atom. The predicted molar refractivity (Wildman–Crippen MR) is 55.8 cm³/mol. The van der Waals surface area contributed by atoms with E-state index in [0.717, 1.165) is 15.9 Å². The van der Waals surface area contributed by atoms with Gasteiger partial charge in [-0.05, 0) is 35.7 Å². The molecular weight excluding hydrogens is 246 g/mol. The molecule has 0 atom stereocenters. The van der Waals surface area contributed by atoms with E-state index < -0.39 is 0 Å². The van der Waals surface area contributed by atoms with Gasteiger partial charge in [0.2, 0.25) is 5.91 Å². The number of hydrogen-bond acceptors (Lipinski definition) is 2. The summed E-state index contributed by atoms with van der Waals surface area (Å²) in [5, 5.41) is 4.28. The molecule has 1 amide bonds. The zero-order valence-corrected chi connectivity index (χ0v) is 9.54. The van der Waals surface area contributed by atoms with Crippen molar-refractivity contribution in [3.63, 3.8) is 0 Å². The monoisotopic (exact) mass is 257 g/mol. The Hall–Kier alpha value is -0.840. The van der Waals surface area contributed by atoms with Crippen molar-refractivity contribution in [2.75, 3.05) is 0 Å².